The van der Waals surface area contributed by atoms with Gasteiger partial charge in [0.05, 0.1) is 31.5 Å². The number of hydrogen-bond donors (Lipinski definition) is 4. The van der Waals surface area contributed by atoms with Gasteiger partial charge in [0.1, 0.15) is 6.61 Å². The van der Waals surface area contributed by atoms with E-state index in [1.54, 1.807) is 20.8 Å². The molecule has 5 unspecified atom stereocenters. The van der Waals surface area contributed by atoms with E-state index in [1.165, 1.54) is 0 Å². The number of carboxylic acids is 1. The summed E-state index contributed by atoms with van der Waals surface area (Å²) >= 11 is 0. The molecule has 0 aromatic heterocycles. The molecular formula is C13H24O9. The van der Waals surface area contributed by atoms with Gasteiger partial charge >= 0.3 is 11.9 Å². The van der Waals surface area contributed by atoms with Crippen molar-refractivity contribution in [2.24, 2.45) is 0 Å². The average Bonchev–Trinajstić information content (AvgIpc) is 2.46. The maximum Gasteiger partial charge on any atom is 0.338 e. The monoisotopic (exact) mass is 324 g/mol. The van der Waals surface area contributed by atoms with Crippen LogP contribution < -0.4 is 0 Å². The van der Waals surface area contributed by atoms with Crippen LogP contribution in [0.2, 0.25) is 0 Å². The molecule has 0 saturated heterocycles. The lowest BCUT2D eigenvalue weighted by atomic mass is 10.2. The van der Waals surface area contributed by atoms with Crippen LogP contribution in [0.25, 0.3) is 0 Å². The third kappa shape index (κ3) is 8.90. The van der Waals surface area contributed by atoms with E-state index in [1.807, 2.05) is 0 Å². The fraction of sp³-hybridized carbons (Fsp3) is 0.846. The number of hydrogen-bond acceptors (Lipinski definition) is 8. The van der Waals surface area contributed by atoms with Gasteiger partial charge in [-0.2, -0.15) is 0 Å². The van der Waals surface area contributed by atoms with Crippen molar-refractivity contribution in [3.05, 3.63) is 0 Å². The number of carbonyl (C=O) groups is 2. The van der Waals surface area contributed by atoms with Gasteiger partial charge in [-0.15, -0.1) is 0 Å². The Morgan fingerprint density at radius 3 is 1.86 bits per heavy atom. The van der Waals surface area contributed by atoms with E-state index in [4.69, 9.17) is 24.8 Å². The number of rotatable bonds is 11. The van der Waals surface area contributed by atoms with Gasteiger partial charge in [0.25, 0.3) is 0 Å². The molecule has 9 heteroatoms. The van der Waals surface area contributed by atoms with E-state index in [0.717, 1.165) is 0 Å². The molecule has 0 fully saturated rings. The quantitative estimate of drug-likeness (QED) is 0.335. The third-order valence-electron chi connectivity index (χ3n) is 2.49. The minimum absolute atomic E-state index is 0.174. The Labute approximate surface area is 128 Å². The number of aliphatic hydroxyl groups excluding tert-OH is 3. The van der Waals surface area contributed by atoms with Gasteiger partial charge in [-0.25, -0.2) is 9.59 Å². The fourth-order valence-corrected chi connectivity index (χ4v) is 1.25. The van der Waals surface area contributed by atoms with Crippen molar-refractivity contribution in [3.8, 4) is 0 Å². The van der Waals surface area contributed by atoms with Crippen molar-refractivity contribution < 1.29 is 44.2 Å². The van der Waals surface area contributed by atoms with Crippen molar-refractivity contribution in [1.29, 1.82) is 0 Å². The summed E-state index contributed by atoms with van der Waals surface area (Å²) in [5.41, 5.74) is 0. The predicted octanol–water partition coefficient (Wildman–Crippen LogP) is -1.47. The molecule has 0 radical (unpaired) electrons. The zero-order valence-electron chi connectivity index (χ0n) is 12.8. The van der Waals surface area contributed by atoms with E-state index in [-0.39, 0.29) is 25.9 Å². The number of carboxylic acid groups (broad SMARTS) is 1. The predicted molar refractivity (Wildman–Crippen MR) is 73.1 cm³/mol. The highest BCUT2D eigenvalue weighted by Crippen LogP contribution is 2.02. The van der Waals surface area contributed by atoms with E-state index >= 15 is 0 Å². The second-order valence-electron chi connectivity index (χ2n) is 4.99. The summed E-state index contributed by atoms with van der Waals surface area (Å²) in [5, 5.41) is 35.7. The van der Waals surface area contributed by atoms with Crippen molar-refractivity contribution in [1.82, 2.24) is 0 Å². The first kappa shape index (κ1) is 20.7. The Bertz CT molecular complexity index is 344. The van der Waals surface area contributed by atoms with Gasteiger partial charge in [-0.3, -0.25) is 0 Å². The summed E-state index contributed by atoms with van der Waals surface area (Å²) in [6, 6.07) is 0. The Hall–Kier alpha value is -1.26. The van der Waals surface area contributed by atoms with E-state index in [9.17, 15) is 14.7 Å². The van der Waals surface area contributed by atoms with E-state index in [0.29, 0.717) is 0 Å². The number of esters is 1. The Morgan fingerprint density at radius 2 is 1.36 bits per heavy atom. The molecule has 0 bridgehead atoms. The van der Waals surface area contributed by atoms with Gasteiger partial charge in [0.2, 0.25) is 0 Å². The van der Waals surface area contributed by atoms with Crippen LogP contribution in [0, 0.1) is 0 Å². The fourth-order valence-electron chi connectivity index (χ4n) is 1.25. The summed E-state index contributed by atoms with van der Waals surface area (Å²) in [5.74, 6) is -2.97. The van der Waals surface area contributed by atoms with Gasteiger partial charge in [0, 0.05) is 0 Å². The molecule has 0 aliphatic carbocycles. The van der Waals surface area contributed by atoms with Gasteiger partial charge in [-0.1, -0.05) is 0 Å². The first-order valence-corrected chi connectivity index (χ1v) is 6.82. The van der Waals surface area contributed by atoms with Crippen molar-refractivity contribution in [3.63, 3.8) is 0 Å². The van der Waals surface area contributed by atoms with Crippen LogP contribution in [0.1, 0.15) is 20.8 Å². The summed E-state index contributed by atoms with van der Waals surface area (Å²) in [4.78, 5) is 21.7. The highest BCUT2D eigenvalue weighted by Gasteiger charge is 2.31. The number of aliphatic hydroxyl groups is 3. The lowest BCUT2D eigenvalue weighted by molar-refractivity contribution is -0.172. The van der Waals surface area contributed by atoms with Crippen LogP contribution in [-0.4, -0.2) is 82.7 Å². The molecule has 0 heterocycles. The molecule has 0 saturated carbocycles. The van der Waals surface area contributed by atoms with Crippen molar-refractivity contribution in [2.45, 2.75) is 51.3 Å². The molecule has 0 rings (SSSR count). The number of ether oxygens (including phenoxy) is 3. The van der Waals surface area contributed by atoms with Gasteiger partial charge in [-0.05, 0) is 20.8 Å². The molecule has 0 aromatic carbocycles. The first-order valence-electron chi connectivity index (χ1n) is 6.82. The van der Waals surface area contributed by atoms with Crippen LogP contribution >= 0.6 is 0 Å². The normalized spacial score (nSPS) is 18.1. The maximum absolute atomic E-state index is 11.3. The van der Waals surface area contributed by atoms with Crippen LogP contribution in [0.4, 0.5) is 0 Å². The van der Waals surface area contributed by atoms with Crippen molar-refractivity contribution >= 4 is 11.9 Å². The molecule has 0 aliphatic heterocycles. The molecule has 4 N–H and O–H groups in total. The van der Waals surface area contributed by atoms with Crippen LogP contribution in [-0.2, 0) is 23.8 Å². The largest absolute Gasteiger partial charge is 0.479 e. The van der Waals surface area contributed by atoms with Gasteiger partial charge in [0.15, 0.2) is 12.2 Å². The van der Waals surface area contributed by atoms with E-state index < -0.39 is 36.4 Å². The molecule has 0 spiro atoms. The van der Waals surface area contributed by atoms with E-state index in [2.05, 4.69) is 4.74 Å². The first-order chi connectivity index (χ1) is 10.1. The molecular weight excluding hydrogens is 300 g/mol. The minimum Gasteiger partial charge on any atom is -0.479 e. The van der Waals surface area contributed by atoms with Crippen LogP contribution in [0.15, 0.2) is 0 Å². The molecule has 0 amide bonds. The Balaban J connectivity index is 3.95. The molecule has 0 aromatic rings. The SMILES string of the molecule is CC(O)COC(C)COC(C)COC(=O)C(O)C(O)C(=O)O. The molecule has 22 heavy (non-hydrogen) atoms. The second kappa shape index (κ2) is 10.5. The topological polar surface area (TPSA) is 143 Å². The smallest absolute Gasteiger partial charge is 0.338 e. The standard InChI is InChI=1S/C13H24O9/c1-7(14)4-20-8(2)5-21-9(3)6-22-13(19)11(16)10(15)12(17)18/h7-11,14-16H,4-6H2,1-3H3,(H,17,18). The number of carbonyl (C=O) groups excluding carboxylic acids is 1. The molecule has 0 aliphatic rings. The highest BCUT2D eigenvalue weighted by molar-refractivity contribution is 5.84. The Morgan fingerprint density at radius 1 is 0.864 bits per heavy atom. The number of aliphatic carboxylic acids is 1. The highest BCUT2D eigenvalue weighted by atomic mass is 16.6. The van der Waals surface area contributed by atoms with Crippen LogP contribution in [0.3, 0.4) is 0 Å². The maximum atomic E-state index is 11.3. The summed E-state index contributed by atoms with van der Waals surface area (Å²) < 4.78 is 15.2. The third-order valence-corrected chi connectivity index (χ3v) is 2.49. The summed E-state index contributed by atoms with van der Waals surface area (Å²) in [6.45, 7) is 5.10. The average molecular weight is 324 g/mol. The van der Waals surface area contributed by atoms with Crippen molar-refractivity contribution in [2.75, 3.05) is 19.8 Å². The lowest BCUT2D eigenvalue weighted by Gasteiger charge is -2.19. The Kier molecular flexibility index (Phi) is 9.86. The molecule has 130 valence electrons. The van der Waals surface area contributed by atoms with Crippen LogP contribution in [0.5, 0.6) is 0 Å². The minimum atomic E-state index is -2.24. The molecule has 9 nitrogen and oxygen atoms in total. The summed E-state index contributed by atoms with van der Waals surface area (Å²) in [6.07, 6.45) is -5.76. The zero-order chi connectivity index (χ0) is 17.3. The van der Waals surface area contributed by atoms with Gasteiger partial charge < -0.3 is 34.6 Å². The second-order valence-corrected chi connectivity index (χ2v) is 4.99. The lowest BCUT2D eigenvalue weighted by Crippen LogP contribution is -2.41. The zero-order valence-corrected chi connectivity index (χ0v) is 12.8. The summed E-state index contributed by atoms with van der Waals surface area (Å²) in [7, 11) is 0. The molecule has 5 atom stereocenters.